The number of halogens is 1. The van der Waals surface area contributed by atoms with Gasteiger partial charge in [0.15, 0.2) is 11.6 Å². The lowest BCUT2D eigenvalue weighted by molar-refractivity contribution is 0.412. The van der Waals surface area contributed by atoms with Crippen molar-refractivity contribution in [2.24, 2.45) is 5.10 Å². The third-order valence-corrected chi connectivity index (χ3v) is 3.07. The van der Waals surface area contributed by atoms with Gasteiger partial charge in [-0.1, -0.05) is 0 Å². The Labute approximate surface area is 114 Å². The maximum Gasteiger partial charge on any atom is 0.151 e. The molecule has 0 amide bonds. The number of methoxy groups -OCH3 is 1. The summed E-state index contributed by atoms with van der Waals surface area (Å²) in [6.45, 7) is 3.72. The highest BCUT2D eigenvalue weighted by molar-refractivity contribution is 9.10. The first-order valence-electron chi connectivity index (χ1n) is 5.38. The summed E-state index contributed by atoms with van der Waals surface area (Å²) in [5.41, 5.74) is 0.968. The lowest BCUT2D eigenvalue weighted by Gasteiger charge is -2.03. The largest absolute Gasteiger partial charge is 0.496 e. The molecule has 0 aliphatic rings. The lowest BCUT2D eigenvalue weighted by atomic mass is 10.2. The molecule has 2 aromatic rings. The molecule has 0 spiro atoms. The molecule has 18 heavy (non-hydrogen) atoms. The summed E-state index contributed by atoms with van der Waals surface area (Å²) < 4.78 is 7.76. The zero-order valence-corrected chi connectivity index (χ0v) is 12.0. The van der Waals surface area contributed by atoms with Crippen molar-refractivity contribution in [2.45, 2.75) is 13.8 Å². The number of hydrogen-bond donors (Lipinski definition) is 0. The van der Waals surface area contributed by atoms with E-state index in [1.807, 2.05) is 32.0 Å². The summed E-state index contributed by atoms with van der Waals surface area (Å²) in [5.74, 6) is 2.32. The minimum atomic E-state index is 0.760. The van der Waals surface area contributed by atoms with Crippen LogP contribution in [-0.4, -0.2) is 28.2 Å². The smallest absolute Gasteiger partial charge is 0.151 e. The number of aryl methyl sites for hydroxylation is 2. The quantitative estimate of drug-likeness (QED) is 0.819. The number of ether oxygens (including phenoxy) is 1. The van der Waals surface area contributed by atoms with E-state index in [0.717, 1.165) is 27.4 Å². The second-order valence-corrected chi connectivity index (χ2v) is 4.60. The van der Waals surface area contributed by atoms with E-state index in [-0.39, 0.29) is 0 Å². The number of rotatable bonds is 3. The van der Waals surface area contributed by atoms with Crippen LogP contribution in [0.4, 0.5) is 0 Å². The Kier molecular flexibility index (Phi) is 3.76. The molecule has 1 aromatic heterocycles. The van der Waals surface area contributed by atoms with Crippen LogP contribution in [0.15, 0.2) is 27.8 Å². The normalized spacial score (nSPS) is 11.1. The zero-order valence-electron chi connectivity index (χ0n) is 10.4. The second-order valence-electron chi connectivity index (χ2n) is 3.74. The topological polar surface area (TPSA) is 52.3 Å². The van der Waals surface area contributed by atoms with E-state index in [1.54, 1.807) is 18.0 Å². The van der Waals surface area contributed by atoms with Crippen molar-refractivity contribution in [3.63, 3.8) is 0 Å². The van der Waals surface area contributed by atoms with Crippen molar-refractivity contribution in [3.8, 4) is 5.75 Å². The van der Waals surface area contributed by atoms with Crippen molar-refractivity contribution in [1.29, 1.82) is 0 Å². The molecule has 0 saturated heterocycles. The number of aromatic nitrogens is 3. The summed E-state index contributed by atoms with van der Waals surface area (Å²) in [5, 5.41) is 12.2. The van der Waals surface area contributed by atoms with Gasteiger partial charge < -0.3 is 4.74 Å². The van der Waals surface area contributed by atoms with Crippen LogP contribution in [0.3, 0.4) is 0 Å². The Hall–Kier alpha value is -1.69. The molecular weight excluding hydrogens is 296 g/mol. The fraction of sp³-hybridized carbons (Fsp3) is 0.250. The maximum atomic E-state index is 5.17. The standard InChI is InChI=1S/C12H13BrN4O/c1-8-15-16-9(2)17(8)14-7-10-4-5-12(18-3)11(13)6-10/h4-7H,1-3H3/b14-7-. The molecule has 5 nitrogen and oxygen atoms in total. The molecule has 0 N–H and O–H groups in total. The van der Waals surface area contributed by atoms with E-state index in [1.165, 1.54) is 0 Å². The second kappa shape index (κ2) is 5.30. The molecule has 0 unspecified atom stereocenters. The third kappa shape index (κ3) is 2.59. The van der Waals surface area contributed by atoms with Gasteiger partial charge >= 0.3 is 0 Å². The maximum absolute atomic E-state index is 5.17. The average Bonchev–Trinajstić information content (AvgIpc) is 2.67. The Bertz CT molecular complexity index is 572. The minimum absolute atomic E-state index is 0.760. The number of nitrogens with zero attached hydrogens (tertiary/aromatic N) is 4. The van der Waals surface area contributed by atoms with Crippen LogP contribution >= 0.6 is 15.9 Å². The van der Waals surface area contributed by atoms with Crippen LogP contribution in [0, 0.1) is 13.8 Å². The molecule has 2 rings (SSSR count). The number of benzene rings is 1. The predicted octanol–water partition coefficient (Wildman–Crippen LogP) is 2.55. The fourth-order valence-corrected chi connectivity index (χ4v) is 2.08. The van der Waals surface area contributed by atoms with Crippen molar-refractivity contribution in [3.05, 3.63) is 39.9 Å². The van der Waals surface area contributed by atoms with E-state index in [4.69, 9.17) is 4.74 Å². The van der Waals surface area contributed by atoms with Crippen LogP contribution in [0.25, 0.3) is 0 Å². The molecule has 94 valence electrons. The monoisotopic (exact) mass is 308 g/mol. The van der Waals surface area contributed by atoms with Crippen LogP contribution in [0.1, 0.15) is 17.2 Å². The van der Waals surface area contributed by atoms with Crippen LogP contribution in [-0.2, 0) is 0 Å². The van der Waals surface area contributed by atoms with Crippen molar-refractivity contribution >= 4 is 22.1 Å². The van der Waals surface area contributed by atoms with Crippen molar-refractivity contribution in [1.82, 2.24) is 14.9 Å². The first-order valence-corrected chi connectivity index (χ1v) is 6.17. The highest BCUT2D eigenvalue weighted by atomic mass is 79.9. The van der Waals surface area contributed by atoms with Gasteiger partial charge in [0.25, 0.3) is 0 Å². The Morgan fingerprint density at radius 1 is 1.28 bits per heavy atom. The Morgan fingerprint density at radius 2 is 1.94 bits per heavy atom. The van der Waals surface area contributed by atoms with Gasteiger partial charge in [-0.2, -0.15) is 5.10 Å². The first kappa shape index (κ1) is 12.8. The van der Waals surface area contributed by atoms with E-state index >= 15 is 0 Å². The molecule has 0 aliphatic heterocycles. The Balaban J connectivity index is 2.27. The van der Waals surface area contributed by atoms with Gasteiger partial charge in [0.1, 0.15) is 5.75 Å². The molecular formula is C12H13BrN4O. The molecule has 0 fully saturated rings. The van der Waals surface area contributed by atoms with Crippen LogP contribution < -0.4 is 4.74 Å². The summed E-state index contributed by atoms with van der Waals surface area (Å²) in [7, 11) is 1.64. The molecule has 1 heterocycles. The van der Waals surface area contributed by atoms with Crippen LogP contribution in [0.2, 0.25) is 0 Å². The molecule has 0 bridgehead atoms. The van der Waals surface area contributed by atoms with Crippen molar-refractivity contribution in [2.75, 3.05) is 7.11 Å². The lowest BCUT2D eigenvalue weighted by Crippen LogP contribution is -1.96. The average molecular weight is 309 g/mol. The highest BCUT2D eigenvalue weighted by Crippen LogP contribution is 2.24. The molecule has 0 radical (unpaired) electrons. The van der Waals surface area contributed by atoms with Gasteiger partial charge in [0.2, 0.25) is 0 Å². The summed E-state index contributed by atoms with van der Waals surface area (Å²) in [6.07, 6.45) is 1.76. The van der Waals surface area contributed by atoms with E-state index < -0.39 is 0 Å². The first-order chi connectivity index (χ1) is 8.61. The van der Waals surface area contributed by atoms with Gasteiger partial charge in [0.05, 0.1) is 17.8 Å². The molecule has 1 aromatic carbocycles. The fourth-order valence-electron chi connectivity index (χ4n) is 1.52. The summed E-state index contributed by atoms with van der Waals surface area (Å²) in [4.78, 5) is 0. The SMILES string of the molecule is COc1ccc(/C=N\n2c(C)nnc2C)cc1Br. The molecule has 0 aliphatic carbocycles. The minimum Gasteiger partial charge on any atom is -0.496 e. The van der Waals surface area contributed by atoms with Gasteiger partial charge in [-0.15, -0.1) is 10.2 Å². The van der Waals surface area contributed by atoms with Gasteiger partial charge in [-0.3, -0.25) is 0 Å². The van der Waals surface area contributed by atoms with Gasteiger partial charge in [-0.05, 0) is 53.5 Å². The van der Waals surface area contributed by atoms with Crippen molar-refractivity contribution < 1.29 is 4.74 Å². The summed E-state index contributed by atoms with van der Waals surface area (Å²) >= 11 is 3.44. The van der Waals surface area contributed by atoms with E-state index in [9.17, 15) is 0 Å². The van der Waals surface area contributed by atoms with Gasteiger partial charge in [0, 0.05) is 0 Å². The third-order valence-electron chi connectivity index (χ3n) is 2.45. The highest BCUT2D eigenvalue weighted by Gasteiger charge is 2.02. The molecule has 0 atom stereocenters. The van der Waals surface area contributed by atoms with Gasteiger partial charge in [-0.25, -0.2) is 4.68 Å². The summed E-state index contributed by atoms with van der Waals surface area (Å²) in [6, 6.07) is 5.76. The Morgan fingerprint density at radius 3 is 2.50 bits per heavy atom. The molecule has 0 saturated carbocycles. The van der Waals surface area contributed by atoms with E-state index in [0.29, 0.717) is 0 Å². The predicted molar refractivity (Wildman–Crippen MR) is 73.2 cm³/mol. The van der Waals surface area contributed by atoms with Crippen LogP contribution in [0.5, 0.6) is 5.75 Å². The zero-order chi connectivity index (χ0) is 13.1. The molecule has 6 heteroatoms. The number of hydrogen-bond acceptors (Lipinski definition) is 4. The van der Waals surface area contributed by atoms with E-state index in [2.05, 4.69) is 31.2 Å².